The highest BCUT2D eigenvalue weighted by Crippen LogP contribution is 2.25. The molecular formula is C28H24ClN3O6. The van der Waals surface area contributed by atoms with Gasteiger partial charge in [-0.05, 0) is 46.7 Å². The fourth-order valence-corrected chi connectivity index (χ4v) is 4.09. The summed E-state index contributed by atoms with van der Waals surface area (Å²) in [4.78, 5) is 38.2. The second-order valence-electron chi connectivity index (χ2n) is 8.44. The minimum atomic E-state index is -0.989. The van der Waals surface area contributed by atoms with Crippen LogP contribution in [-0.4, -0.2) is 45.7 Å². The Kier molecular flexibility index (Phi) is 8.40. The Morgan fingerprint density at radius 3 is 2.53 bits per heavy atom. The summed E-state index contributed by atoms with van der Waals surface area (Å²) in [7, 11) is 0. The van der Waals surface area contributed by atoms with E-state index in [2.05, 4.69) is 10.5 Å². The van der Waals surface area contributed by atoms with Gasteiger partial charge >= 0.3 is 5.97 Å². The van der Waals surface area contributed by atoms with Gasteiger partial charge in [0.1, 0.15) is 11.5 Å². The van der Waals surface area contributed by atoms with Crippen molar-refractivity contribution < 1.29 is 29.0 Å². The van der Waals surface area contributed by atoms with Gasteiger partial charge in [-0.15, -0.1) is 0 Å². The number of rotatable bonds is 10. The third-order valence-corrected chi connectivity index (χ3v) is 6.15. The lowest BCUT2D eigenvalue weighted by molar-refractivity contribution is -0.138. The molecule has 0 saturated heterocycles. The second-order valence-corrected chi connectivity index (χ2v) is 8.85. The van der Waals surface area contributed by atoms with Gasteiger partial charge in [-0.3, -0.25) is 14.4 Å². The zero-order chi connectivity index (χ0) is 27.1. The van der Waals surface area contributed by atoms with Gasteiger partial charge < -0.3 is 19.5 Å². The van der Waals surface area contributed by atoms with Gasteiger partial charge in [-0.2, -0.15) is 5.10 Å². The van der Waals surface area contributed by atoms with Gasteiger partial charge in [-0.1, -0.05) is 48.0 Å². The number of aromatic hydroxyl groups is 1. The summed E-state index contributed by atoms with van der Waals surface area (Å²) in [6.07, 6.45) is 2.90. The van der Waals surface area contributed by atoms with E-state index in [1.54, 1.807) is 18.2 Å². The van der Waals surface area contributed by atoms with Gasteiger partial charge in [0.05, 0.1) is 36.9 Å². The molecule has 2 amide bonds. The Morgan fingerprint density at radius 1 is 1.03 bits per heavy atom. The average Bonchev–Trinajstić information content (AvgIpc) is 3.42. The molecule has 4 aromatic rings. The molecule has 1 heterocycles. The minimum absolute atomic E-state index is 0.0587. The monoisotopic (exact) mass is 533 g/mol. The number of phenolic OH excluding ortho intramolecular Hbond substituents is 1. The van der Waals surface area contributed by atoms with Crippen LogP contribution in [0.2, 0.25) is 5.02 Å². The molecule has 3 N–H and O–H groups in total. The van der Waals surface area contributed by atoms with E-state index in [9.17, 15) is 19.5 Å². The first kappa shape index (κ1) is 26.4. The Bertz CT molecular complexity index is 1500. The Hall–Kier alpha value is -4.63. The second kappa shape index (κ2) is 12.1. The number of phenols is 1. The van der Waals surface area contributed by atoms with Crippen molar-refractivity contribution in [1.82, 2.24) is 10.3 Å². The Balaban J connectivity index is 1.51. The fourth-order valence-electron chi connectivity index (χ4n) is 3.91. The van der Waals surface area contributed by atoms with Crippen LogP contribution in [0.25, 0.3) is 10.8 Å². The largest absolute Gasteiger partial charge is 0.506 e. The molecule has 0 saturated carbocycles. The number of nitrogens with zero attached hydrogens (tertiary/aromatic N) is 2. The van der Waals surface area contributed by atoms with Gasteiger partial charge in [0.25, 0.3) is 5.91 Å². The number of carboxylic acids is 1. The molecule has 0 spiro atoms. The van der Waals surface area contributed by atoms with Crippen molar-refractivity contribution in [3.05, 3.63) is 100 Å². The first-order valence-electron chi connectivity index (χ1n) is 11.7. The number of amides is 2. The molecule has 10 heteroatoms. The van der Waals surface area contributed by atoms with Crippen molar-refractivity contribution in [3.63, 3.8) is 0 Å². The number of carbonyl (C=O) groups excluding carboxylic acids is 2. The summed E-state index contributed by atoms with van der Waals surface area (Å²) in [6.45, 7) is 0.233. The first-order valence-corrected chi connectivity index (χ1v) is 12.0. The fraction of sp³-hybridized carbons (Fsp3) is 0.143. The van der Waals surface area contributed by atoms with E-state index < -0.39 is 11.9 Å². The molecular weight excluding hydrogens is 510 g/mol. The number of carboxylic acid groups (broad SMARTS) is 1. The van der Waals surface area contributed by atoms with E-state index in [4.69, 9.17) is 21.1 Å². The molecule has 194 valence electrons. The van der Waals surface area contributed by atoms with Gasteiger partial charge in [0.2, 0.25) is 5.91 Å². The van der Waals surface area contributed by atoms with E-state index >= 15 is 0 Å². The molecule has 0 bridgehead atoms. The molecule has 38 heavy (non-hydrogen) atoms. The maximum Gasteiger partial charge on any atom is 0.305 e. The van der Waals surface area contributed by atoms with Gasteiger partial charge in [0.15, 0.2) is 0 Å². The number of fused-ring (bicyclic) bond motifs is 1. The lowest BCUT2D eigenvalue weighted by atomic mass is 9.97. The van der Waals surface area contributed by atoms with Gasteiger partial charge in [0, 0.05) is 17.7 Å². The van der Waals surface area contributed by atoms with Crippen molar-refractivity contribution in [1.29, 1.82) is 0 Å². The predicted molar refractivity (Wildman–Crippen MR) is 142 cm³/mol. The number of halogens is 1. The van der Waals surface area contributed by atoms with Gasteiger partial charge in [-0.25, -0.2) is 5.43 Å². The van der Waals surface area contributed by atoms with E-state index in [-0.39, 0.29) is 48.2 Å². The molecule has 0 radical (unpaired) electrons. The number of hydrazone groups is 1. The molecule has 4 rings (SSSR count). The summed E-state index contributed by atoms with van der Waals surface area (Å²) in [5.41, 5.74) is 4.17. The van der Waals surface area contributed by atoms with Crippen LogP contribution in [0.3, 0.4) is 0 Å². The number of hydrogen-bond acceptors (Lipinski definition) is 6. The Labute approximate surface area is 222 Å². The topological polar surface area (TPSA) is 132 Å². The maximum absolute atomic E-state index is 13.2. The van der Waals surface area contributed by atoms with E-state index in [0.717, 1.165) is 21.9 Å². The van der Waals surface area contributed by atoms with Crippen LogP contribution in [0.4, 0.5) is 0 Å². The number of aliphatic carboxylic acids is 1. The number of furan rings is 1. The van der Waals surface area contributed by atoms with Crippen molar-refractivity contribution in [3.8, 4) is 5.75 Å². The summed E-state index contributed by atoms with van der Waals surface area (Å²) in [5, 5.41) is 24.4. The van der Waals surface area contributed by atoms with Crippen LogP contribution in [0.15, 0.2) is 82.5 Å². The third-order valence-electron chi connectivity index (χ3n) is 5.84. The first-order chi connectivity index (χ1) is 18.3. The van der Waals surface area contributed by atoms with E-state index in [0.29, 0.717) is 5.76 Å². The van der Waals surface area contributed by atoms with Crippen molar-refractivity contribution in [2.24, 2.45) is 5.10 Å². The highest BCUT2D eigenvalue weighted by molar-refractivity contribution is 6.32. The molecule has 0 aliphatic carbocycles. The van der Waals surface area contributed by atoms with E-state index in [1.807, 2.05) is 30.3 Å². The summed E-state index contributed by atoms with van der Waals surface area (Å²) >= 11 is 5.86. The van der Waals surface area contributed by atoms with Crippen LogP contribution in [0.1, 0.15) is 33.7 Å². The smallest absolute Gasteiger partial charge is 0.305 e. The predicted octanol–water partition coefficient (Wildman–Crippen LogP) is 4.60. The molecule has 9 nitrogen and oxygen atoms in total. The van der Waals surface area contributed by atoms with Crippen molar-refractivity contribution in [2.75, 3.05) is 6.54 Å². The van der Waals surface area contributed by atoms with Crippen LogP contribution in [0.5, 0.6) is 5.75 Å². The molecule has 3 aromatic carbocycles. The molecule has 0 atom stereocenters. The quantitative estimate of drug-likeness (QED) is 0.201. The highest BCUT2D eigenvalue weighted by Gasteiger charge is 2.18. The number of benzene rings is 3. The average molecular weight is 534 g/mol. The summed E-state index contributed by atoms with van der Waals surface area (Å²) < 4.78 is 5.35. The van der Waals surface area contributed by atoms with Crippen molar-refractivity contribution >= 4 is 46.4 Å². The Morgan fingerprint density at radius 2 is 1.82 bits per heavy atom. The summed E-state index contributed by atoms with van der Waals surface area (Å²) in [6, 6.07) is 18.6. The van der Waals surface area contributed by atoms with Crippen LogP contribution in [-0.2, 0) is 22.6 Å². The minimum Gasteiger partial charge on any atom is -0.506 e. The van der Waals surface area contributed by atoms with Crippen LogP contribution < -0.4 is 5.43 Å². The molecule has 0 fully saturated rings. The van der Waals surface area contributed by atoms with Crippen LogP contribution >= 0.6 is 11.6 Å². The third kappa shape index (κ3) is 6.57. The zero-order valence-electron chi connectivity index (χ0n) is 20.1. The standard InChI is InChI=1S/C28H24ClN3O6/c29-24-14-19(9-10-25(24)33)28(37)31-30-16-20-8-7-18(22-5-1-2-6-23(20)22)15-26(34)32(12-11-27(35)36)17-21-4-3-13-38-21/h1-10,13-14,16,33H,11-12,15,17H2,(H,31,37)(H,35,36)/b30-16+. The summed E-state index contributed by atoms with van der Waals surface area (Å²) in [5.74, 6) is -1.27. The van der Waals surface area contributed by atoms with Crippen molar-refractivity contribution in [2.45, 2.75) is 19.4 Å². The maximum atomic E-state index is 13.2. The number of carbonyl (C=O) groups is 3. The molecule has 0 aliphatic heterocycles. The number of hydrogen-bond donors (Lipinski definition) is 3. The number of nitrogens with one attached hydrogen (secondary N) is 1. The zero-order valence-corrected chi connectivity index (χ0v) is 20.9. The lowest BCUT2D eigenvalue weighted by Crippen LogP contribution is -2.33. The highest BCUT2D eigenvalue weighted by atomic mass is 35.5. The molecule has 0 aliphatic rings. The lowest BCUT2D eigenvalue weighted by Gasteiger charge is -2.21. The SMILES string of the molecule is O=C(O)CCN(Cc1ccco1)C(=O)Cc1ccc(/C=N/NC(=O)c2ccc(O)c(Cl)c2)c2ccccc12. The normalized spacial score (nSPS) is 11.1. The van der Waals surface area contributed by atoms with Crippen LogP contribution in [0, 0.1) is 0 Å². The molecule has 0 unspecified atom stereocenters. The molecule has 1 aromatic heterocycles. The van der Waals surface area contributed by atoms with E-state index in [1.165, 1.54) is 35.6 Å².